The van der Waals surface area contributed by atoms with Crippen molar-refractivity contribution < 1.29 is 9.53 Å². The third-order valence-corrected chi connectivity index (χ3v) is 3.48. The summed E-state index contributed by atoms with van der Waals surface area (Å²) in [6.07, 6.45) is 2.12. The molecule has 2 rings (SSSR count). The van der Waals surface area contributed by atoms with Crippen molar-refractivity contribution in [3.05, 3.63) is 7.05 Å². The fourth-order valence-electron chi connectivity index (χ4n) is 2.82. The van der Waals surface area contributed by atoms with Crippen molar-refractivity contribution in [1.29, 1.82) is 0 Å². The van der Waals surface area contributed by atoms with Gasteiger partial charge in [-0.15, -0.1) is 0 Å². The number of piperidine rings is 1. The third-order valence-electron chi connectivity index (χ3n) is 3.48. The molecule has 2 atom stereocenters. The van der Waals surface area contributed by atoms with E-state index in [1.165, 1.54) is 6.42 Å². The van der Waals surface area contributed by atoms with Crippen molar-refractivity contribution in [3.8, 4) is 0 Å². The van der Waals surface area contributed by atoms with Gasteiger partial charge in [0.05, 0.1) is 0 Å². The van der Waals surface area contributed by atoms with E-state index in [1.54, 1.807) is 0 Å². The van der Waals surface area contributed by atoms with E-state index in [0.717, 1.165) is 26.1 Å². The topological polar surface area (TPSA) is 32.8 Å². The van der Waals surface area contributed by atoms with E-state index >= 15 is 0 Å². The average Bonchev–Trinajstić information content (AvgIpc) is 2.54. The van der Waals surface area contributed by atoms with E-state index in [9.17, 15) is 4.79 Å². The number of ether oxygens (including phenoxy) is 1. The Balaban J connectivity index is 2.02. The van der Waals surface area contributed by atoms with Crippen molar-refractivity contribution >= 4 is 6.09 Å². The lowest BCUT2D eigenvalue weighted by molar-refractivity contribution is 0.00637. The van der Waals surface area contributed by atoms with Gasteiger partial charge in [0.1, 0.15) is 5.60 Å². The second-order valence-electron chi connectivity index (χ2n) is 6.18. The molecule has 0 spiro atoms. The molecule has 0 aromatic carbocycles. The van der Waals surface area contributed by atoms with Crippen LogP contribution in [0.2, 0.25) is 0 Å². The normalized spacial score (nSPS) is 30.2. The van der Waals surface area contributed by atoms with E-state index < -0.39 is 5.60 Å². The Morgan fingerprint density at radius 3 is 2.71 bits per heavy atom. The zero-order valence-corrected chi connectivity index (χ0v) is 11.1. The summed E-state index contributed by atoms with van der Waals surface area (Å²) in [6.45, 7) is 8.44. The molecule has 98 valence electrons. The van der Waals surface area contributed by atoms with Gasteiger partial charge < -0.3 is 14.5 Å². The summed E-state index contributed by atoms with van der Waals surface area (Å²) in [5.41, 5.74) is -0.410. The summed E-state index contributed by atoms with van der Waals surface area (Å²) < 4.78 is 5.47. The van der Waals surface area contributed by atoms with Crippen LogP contribution in [0.1, 0.15) is 33.6 Å². The number of hydrogen-bond donors (Lipinski definition) is 0. The monoisotopic (exact) mass is 239 g/mol. The van der Waals surface area contributed by atoms with E-state index in [-0.39, 0.29) is 6.09 Å². The average molecular weight is 239 g/mol. The molecular weight excluding hydrogens is 216 g/mol. The van der Waals surface area contributed by atoms with Crippen LogP contribution >= 0.6 is 0 Å². The van der Waals surface area contributed by atoms with Gasteiger partial charge >= 0.3 is 6.09 Å². The molecule has 0 unspecified atom stereocenters. The SMILES string of the molecule is [CH2-]N1C[C@H]2CCCN(C(=O)OC(C)(C)C)[C@H]2C1. The molecule has 4 nitrogen and oxygen atoms in total. The lowest BCUT2D eigenvalue weighted by Crippen LogP contribution is -2.50. The Morgan fingerprint density at radius 2 is 2.06 bits per heavy atom. The smallest absolute Gasteiger partial charge is 0.410 e. The van der Waals surface area contributed by atoms with Crippen LogP contribution in [0.15, 0.2) is 0 Å². The molecule has 0 radical (unpaired) electrons. The molecule has 0 aromatic rings. The summed E-state index contributed by atoms with van der Waals surface area (Å²) in [4.78, 5) is 16.1. The van der Waals surface area contributed by atoms with E-state index in [0.29, 0.717) is 12.0 Å². The van der Waals surface area contributed by atoms with Crippen LogP contribution in [0.5, 0.6) is 0 Å². The highest BCUT2D eigenvalue weighted by Crippen LogP contribution is 2.31. The van der Waals surface area contributed by atoms with Gasteiger partial charge in [-0.25, -0.2) is 4.79 Å². The minimum Gasteiger partial charge on any atom is -0.457 e. The van der Waals surface area contributed by atoms with Gasteiger partial charge in [-0.05, 0) is 52.6 Å². The molecule has 0 saturated carbocycles. The van der Waals surface area contributed by atoms with Gasteiger partial charge in [0.15, 0.2) is 0 Å². The first-order valence-corrected chi connectivity index (χ1v) is 6.42. The number of likely N-dealkylation sites (tertiary alicyclic amines) is 2. The number of fused-ring (bicyclic) bond motifs is 1. The molecule has 0 aromatic heterocycles. The summed E-state index contributed by atoms with van der Waals surface area (Å²) in [5.74, 6) is 0.578. The van der Waals surface area contributed by atoms with Gasteiger partial charge in [-0.3, -0.25) is 7.05 Å². The second kappa shape index (κ2) is 4.48. The Morgan fingerprint density at radius 1 is 1.35 bits per heavy atom. The highest BCUT2D eigenvalue weighted by atomic mass is 16.6. The first kappa shape index (κ1) is 12.7. The lowest BCUT2D eigenvalue weighted by Gasteiger charge is -2.38. The molecule has 0 N–H and O–H groups in total. The summed E-state index contributed by atoms with van der Waals surface area (Å²) in [6, 6.07) is 0.302. The molecular formula is C13H23N2O2-. The maximum atomic E-state index is 12.1. The van der Waals surface area contributed by atoms with Gasteiger partial charge in [0.25, 0.3) is 0 Å². The van der Waals surface area contributed by atoms with E-state index in [1.807, 2.05) is 25.7 Å². The van der Waals surface area contributed by atoms with Crippen LogP contribution in [0.4, 0.5) is 4.79 Å². The van der Waals surface area contributed by atoms with Crippen molar-refractivity contribution in [3.63, 3.8) is 0 Å². The zero-order valence-electron chi connectivity index (χ0n) is 11.1. The summed E-state index contributed by atoms with van der Waals surface area (Å²) in [7, 11) is 3.98. The number of carbonyl (C=O) groups is 1. The van der Waals surface area contributed by atoms with Gasteiger partial charge in [0, 0.05) is 12.6 Å². The van der Waals surface area contributed by atoms with E-state index in [2.05, 4.69) is 11.9 Å². The van der Waals surface area contributed by atoms with Crippen molar-refractivity contribution in [1.82, 2.24) is 9.80 Å². The molecule has 2 aliphatic heterocycles. The molecule has 2 fully saturated rings. The van der Waals surface area contributed by atoms with Crippen LogP contribution in [-0.2, 0) is 4.74 Å². The fraction of sp³-hybridized carbons (Fsp3) is 0.846. The highest BCUT2D eigenvalue weighted by molar-refractivity contribution is 5.68. The minimum absolute atomic E-state index is 0.164. The number of carbonyl (C=O) groups excluding carboxylic acids is 1. The van der Waals surface area contributed by atoms with Crippen molar-refractivity contribution in [2.45, 2.75) is 45.3 Å². The van der Waals surface area contributed by atoms with Crippen LogP contribution in [0.25, 0.3) is 0 Å². The molecule has 0 bridgehead atoms. The number of hydrogen-bond acceptors (Lipinski definition) is 3. The molecule has 2 heterocycles. The number of amides is 1. The molecule has 0 aliphatic carbocycles. The van der Waals surface area contributed by atoms with Gasteiger partial charge in [-0.1, -0.05) is 0 Å². The molecule has 17 heavy (non-hydrogen) atoms. The van der Waals surface area contributed by atoms with Gasteiger partial charge in [-0.2, -0.15) is 0 Å². The summed E-state index contributed by atoms with van der Waals surface area (Å²) >= 11 is 0. The predicted molar refractivity (Wildman–Crippen MR) is 66.4 cm³/mol. The quantitative estimate of drug-likeness (QED) is 0.607. The van der Waals surface area contributed by atoms with Crippen LogP contribution in [0.3, 0.4) is 0 Å². The number of rotatable bonds is 0. The zero-order chi connectivity index (χ0) is 12.6. The van der Waals surface area contributed by atoms with Crippen LogP contribution < -0.4 is 0 Å². The Kier molecular flexibility index (Phi) is 3.34. The third kappa shape index (κ3) is 2.92. The number of nitrogens with zero attached hydrogens (tertiary/aromatic N) is 2. The Labute approximate surface area is 104 Å². The van der Waals surface area contributed by atoms with E-state index in [4.69, 9.17) is 4.74 Å². The standard InChI is InChI=1S/C13H23N2O2/c1-13(2,3)17-12(16)15-7-5-6-10-8-14(4)9-11(10)15/h10-11H,4-9H2,1-3H3/q-1/t10-,11+/m1/s1. The Bertz CT molecular complexity index is 298. The molecule has 2 aliphatic rings. The Hall–Kier alpha value is -0.770. The van der Waals surface area contributed by atoms with Crippen LogP contribution in [-0.4, -0.2) is 47.2 Å². The lowest BCUT2D eigenvalue weighted by atomic mass is 9.92. The molecule has 4 heteroatoms. The molecule has 1 amide bonds. The van der Waals surface area contributed by atoms with Gasteiger partial charge in [0.2, 0.25) is 0 Å². The highest BCUT2D eigenvalue weighted by Gasteiger charge is 2.39. The first-order chi connectivity index (χ1) is 7.87. The molecule has 2 saturated heterocycles. The predicted octanol–water partition coefficient (Wildman–Crippen LogP) is 2.11. The van der Waals surface area contributed by atoms with Crippen molar-refractivity contribution in [2.75, 3.05) is 19.6 Å². The van der Waals surface area contributed by atoms with Crippen molar-refractivity contribution in [2.24, 2.45) is 5.92 Å². The fourth-order valence-corrected chi connectivity index (χ4v) is 2.82. The maximum Gasteiger partial charge on any atom is 0.410 e. The maximum absolute atomic E-state index is 12.1. The first-order valence-electron chi connectivity index (χ1n) is 6.42. The summed E-state index contributed by atoms with van der Waals surface area (Å²) in [5, 5.41) is 0. The van der Waals surface area contributed by atoms with Crippen LogP contribution in [0, 0.1) is 13.0 Å². The second-order valence-corrected chi connectivity index (χ2v) is 6.18. The largest absolute Gasteiger partial charge is 0.457 e. The minimum atomic E-state index is -0.410.